The number of amides is 1. The molecule has 1 aliphatic heterocycles. The fourth-order valence-corrected chi connectivity index (χ4v) is 4.96. The van der Waals surface area contributed by atoms with Crippen LogP contribution in [0.2, 0.25) is 0 Å². The fourth-order valence-electron chi connectivity index (χ4n) is 4.09. The maximum Gasteiger partial charge on any atom is 0.221 e. The predicted molar refractivity (Wildman–Crippen MR) is 114 cm³/mol. The van der Waals surface area contributed by atoms with E-state index < -0.39 is 0 Å². The number of thioether (sulfide) groups is 1. The van der Waals surface area contributed by atoms with Gasteiger partial charge in [0.1, 0.15) is 12.1 Å². The van der Waals surface area contributed by atoms with E-state index in [9.17, 15) is 4.79 Å². The Morgan fingerprint density at radius 1 is 1.11 bits per heavy atom. The number of hydrogen-bond acceptors (Lipinski definition) is 5. The van der Waals surface area contributed by atoms with Crippen LogP contribution in [0.1, 0.15) is 43.4 Å². The number of benzene rings is 1. The second-order valence-electron chi connectivity index (χ2n) is 7.57. The van der Waals surface area contributed by atoms with Crippen molar-refractivity contribution < 1.29 is 4.79 Å². The summed E-state index contributed by atoms with van der Waals surface area (Å²) in [5, 5.41) is 3.23. The molecule has 1 aromatic heterocycles. The number of carbonyl (C=O) groups is 1. The molecule has 28 heavy (non-hydrogen) atoms. The van der Waals surface area contributed by atoms with Gasteiger partial charge < -0.3 is 10.2 Å². The van der Waals surface area contributed by atoms with Crippen LogP contribution in [0.5, 0.6) is 0 Å². The van der Waals surface area contributed by atoms with Crippen molar-refractivity contribution >= 4 is 23.5 Å². The molecule has 0 atom stereocenters. The Kier molecular flexibility index (Phi) is 6.47. The molecule has 4 rings (SSSR count). The highest BCUT2D eigenvalue weighted by Crippen LogP contribution is 2.28. The highest BCUT2D eigenvalue weighted by atomic mass is 32.2. The van der Waals surface area contributed by atoms with E-state index in [1.54, 1.807) is 18.1 Å². The van der Waals surface area contributed by atoms with E-state index in [0.29, 0.717) is 6.42 Å². The molecule has 6 heteroatoms. The standard InChI is InChI=1S/C22H28N4OS/c27-21(12-15-28-18-6-2-1-3-7-18)25-17-10-13-26(14-11-17)22-19-8-4-5-9-20(19)23-16-24-22/h1-3,6-7,16-17H,4-5,8-15H2,(H,25,27). The number of aryl methyl sites for hydroxylation is 1. The molecule has 1 saturated heterocycles. The topological polar surface area (TPSA) is 58.1 Å². The van der Waals surface area contributed by atoms with Crippen molar-refractivity contribution in [2.45, 2.75) is 55.9 Å². The Balaban J connectivity index is 1.23. The van der Waals surface area contributed by atoms with Gasteiger partial charge in [0, 0.05) is 47.5 Å². The van der Waals surface area contributed by atoms with Crippen molar-refractivity contribution in [1.29, 1.82) is 0 Å². The van der Waals surface area contributed by atoms with Crippen molar-refractivity contribution in [3.8, 4) is 0 Å². The summed E-state index contributed by atoms with van der Waals surface area (Å²) in [6.07, 6.45) is 8.91. The van der Waals surface area contributed by atoms with Crippen LogP contribution in [0.4, 0.5) is 5.82 Å². The van der Waals surface area contributed by atoms with Crippen LogP contribution in [0.3, 0.4) is 0 Å². The number of hydrogen-bond donors (Lipinski definition) is 1. The Labute approximate surface area is 171 Å². The third-order valence-electron chi connectivity index (χ3n) is 5.60. The number of nitrogens with zero attached hydrogens (tertiary/aromatic N) is 3. The first kappa shape index (κ1) is 19.2. The monoisotopic (exact) mass is 396 g/mol. The van der Waals surface area contributed by atoms with Crippen molar-refractivity contribution in [1.82, 2.24) is 15.3 Å². The van der Waals surface area contributed by atoms with Gasteiger partial charge in [-0.25, -0.2) is 9.97 Å². The number of anilines is 1. The number of carbonyl (C=O) groups excluding carboxylic acids is 1. The smallest absolute Gasteiger partial charge is 0.221 e. The Bertz CT molecular complexity index is 790. The predicted octanol–water partition coefficient (Wildman–Crippen LogP) is 3.62. The van der Waals surface area contributed by atoms with Gasteiger partial charge in [-0.1, -0.05) is 18.2 Å². The quantitative estimate of drug-likeness (QED) is 0.756. The summed E-state index contributed by atoms with van der Waals surface area (Å²) in [6, 6.07) is 10.5. The molecular weight excluding hydrogens is 368 g/mol. The van der Waals surface area contributed by atoms with Crippen LogP contribution in [-0.4, -0.2) is 40.8 Å². The van der Waals surface area contributed by atoms with Crippen LogP contribution in [-0.2, 0) is 17.6 Å². The highest BCUT2D eigenvalue weighted by Gasteiger charge is 2.25. The van der Waals surface area contributed by atoms with Gasteiger partial charge in [-0.3, -0.25) is 4.79 Å². The third kappa shape index (κ3) is 4.85. The average molecular weight is 397 g/mol. The minimum atomic E-state index is 0.168. The lowest BCUT2D eigenvalue weighted by Crippen LogP contribution is -2.45. The van der Waals surface area contributed by atoms with E-state index in [2.05, 4.69) is 32.3 Å². The van der Waals surface area contributed by atoms with Gasteiger partial charge >= 0.3 is 0 Å². The Hall–Kier alpha value is -2.08. The maximum atomic E-state index is 12.3. The van der Waals surface area contributed by atoms with Crippen LogP contribution >= 0.6 is 11.8 Å². The van der Waals surface area contributed by atoms with Crippen LogP contribution in [0.15, 0.2) is 41.6 Å². The van der Waals surface area contributed by atoms with Gasteiger partial charge in [0.2, 0.25) is 5.91 Å². The molecule has 1 aliphatic carbocycles. The maximum absolute atomic E-state index is 12.3. The first-order valence-electron chi connectivity index (χ1n) is 10.3. The average Bonchev–Trinajstić information content (AvgIpc) is 2.75. The molecule has 1 N–H and O–H groups in total. The van der Waals surface area contributed by atoms with Gasteiger partial charge in [0.05, 0.1) is 0 Å². The number of nitrogens with one attached hydrogen (secondary N) is 1. The summed E-state index contributed by atoms with van der Waals surface area (Å²) in [7, 11) is 0. The summed E-state index contributed by atoms with van der Waals surface area (Å²) in [4.78, 5) is 25.0. The third-order valence-corrected chi connectivity index (χ3v) is 6.62. The zero-order valence-electron chi connectivity index (χ0n) is 16.3. The zero-order valence-corrected chi connectivity index (χ0v) is 17.1. The summed E-state index contributed by atoms with van der Waals surface area (Å²) < 4.78 is 0. The van der Waals surface area contributed by atoms with Gasteiger partial charge in [0.25, 0.3) is 0 Å². The molecule has 1 fully saturated rings. The molecule has 2 heterocycles. The minimum Gasteiger partial charge on any atom is -0.356 e. The van der Waals surface area contributed by atoms with Gasteiger partial charge in [-0.2, -0.15) is 0 Å². The first-order valence-corrected chi connectivity index (χ1v) is 11.3. The number of piperidine rings is 1. The Morgan fingerprint density at radius 3 is 2.71 bits per heavy atom. The van der Waals surface area contributed by atoms with Crippen LogP contribution < -0.4 is 10.2 Å². The minimum absolute atomic E-state index is 0.168. The molecule has 0 spiro atoms. The summed E-state index contributed by atoms with van der Waals surface area (Å²) in [5.74, 6) is 2.12. The normalized spacial score (nSPS) is 17.2. The summed E-state index contributed by atoms with van der Waals surface area (Å²) >= 11 is 1.74. The second-order valence-corrected chi connectivity index (χ2v) is 8.74. The van der Waals surface area contributed by atoms with Crippen molar-refractivity contribution in [3.05, 3.63) is 47.9 Å². The molecule has 0 radical (unpaired) electrons. The van der Waals surface area contributed by atoms with E-state index in [1.165, 1.54) is 29.0 Å². The number of aromatic nitrogens is 2. The van der Waals surface area contributed by atoms with Gasteiger partial charge in [-0.05, 0) is 50.7 Å². The van der Waals surface area contributed by atoms with E-state index in [1.807, 2.05) is 18.2 Å². The van der Waals surface area contributed by atoms with Crippen molar-refractivity contribution in [2.75, 3.05) is 23.7 Å². The molecule has 0 unspecified atom stereocenters. The van der Waals surface area contributed by atoms with Crippen LogP contribution in [0.25, 0.3) is 0 Å². The molecule has 5 nitrogen and oxygen atoms in total. The lowest BCUT2D eigenvalue weighted by molar-refractivity contribution is -0.121. The number of rotatable bonds is 6. The Morgan fingerprint density at radius 2 is 1.89 bits per heavy atom. The highest BCUT2D eigenvalue weighted by molar-refractivity contribution is 7.99. The molecule has 0 saturated carbocycles. The SMILES string of the molecule is O=C(CCSc1ccccc1)NC1CCN(c2ncnc3c2CCCC3)CC1. The first-order chi connectivity index (χ1) is 13.8. The molecule has 2 aliphatic rings. The molecule has 0 bridgehead atoms. The molecular formula is C22H28N4OS. The summed E-state index contributed by atoms with van der Waals surface area (Å²) in [5.41, 5.74) is 2.59. The summed E-state index contributed by atoms with van der Waals surface area (Å²) in [6.45, 7) is 1.90. The van der Waals surface area contributed by atoms with E-state index in [0.717, 1.165) is 50.3 Å². The van der Waals surface area contributed by atoms with Gasteiger partial charge in [0.15, 0.2) is 0 Å². The lowest BCUT2D eigenvalue weighted by Gasteiger charge is -2.35. The molecule has 148 valence electrons. The zero-order chi connectivity index (χ0) is 19.2. The lowest BCUT2D eigenvalue weighted by atomic mass is 9.95. The van der Waals surface area contributed by atoms with Gasteiger partial charge in [-0.15, -0.1) is 11.8 Å². The van der Waals surface area contributed by atoms with E-state index in [-0.39, 0.29) is 11.9 Å². The van der Waals surface area contributed by atoms with Crippen molar-refractivity contribution in [3.63, 3.8) is 0 Å². The molecule has 1 amide bonds. The molecule has 1 aromatic carbocycles. The molecule has 2 aromatic rings. The second kappa shape index (κ2) is 9.41. The fraction of sp³-hybridized carbons (Fsp3) is 0.500. The number of fused-ring (bicyclic) bond motifs is 1. The van der Waals surface area contributed by atoms with Crippen LogP contribution in [0, 0.1) is 0 Å². The van der Waals surface area contributed by atoms with E-state index >= 15 is 0 Å². The largest absolute Gasteiger partial charge is 0.356 e. The van der Waals surface area contributed by atoms with E-state index in [4.69, 9.17) is 0 Å². The van der Waals surface area contributed by atoms with Crippen molar-refractivity contribution in [2.24, 2.45) is 0 Å².